The Hall–Kier alpha value is -1.36. The van der Waals surface area contributed by atoms with Gasteiger partial charge in [-0.15, -0.1) is 0 Å². The monoisotopic (exact) mass is 249 g/mol. The number of rotatable bonds is 1. The molecule has 0 bridgehead atoms. The van der Waals surface area contributed by atoms with Crippen LogP contribution in [0.15, 0.2) is 4.79 Å². The molecule has 2 heterocycles. The molecule has 0 radical (unpaired) electrons. The number of hydrogen-bond acceptors (Lipinski definition) is 4. The Morgan fingerprint density at radius 2 is 2.11 bits per heavy atom. The smallest absolute Gasteiger partial charge is 0.293 e. The Morgan fingerprint density at radius 3 is 2.89 bits per heavy atom. The number of hydrogen-bond donors (Lipinski definition) is 1. The standard InChI is InChI=1S/C13H19N3O2/c1-9-14-11-7-16(10-5-3-2-4-6-10)8-18-12(11)13(17)15-9/h10H,2-8H2,1H3,(H,14,15,17). The third-order valence-electron chi connectivity index (χ3n) is 3.88. The van der Waals surface area contributed by atoms with E-state index < -0.39 is 0 Å². The zero-order chi connectivity index (χ0) is 12.5. The summed E-state index contributed by atoms with van der Waals surface area (Å²) in [5, 5.41) is 0. The number of ether oxygens (including phenoxy) is 1. The van der Waals surface area contributed by atoms with Crippen LogP contribution < -0.4 is 10.3 Å². The van der Waals surface area contributed by atoms with Gasteiger partial charge in [0.25, 0.3) is 5.56 Å². The Bertz CT molecular complexity index is 491. The third kappa shape index (κ3) is 2.14. The molecule has 1 aliphatic heterocycles. The zero-order valence-electron chi connectivity index (χ0n) is 10.7. The lowest BCUT2D eigenvalue weighted by molar-refractivity contribution is 0.0367. The van der Waals surface area contributed by atoms with E-state index in [1.165, 1.54) is 32.1 Å². The summed E-state index contributed by atoms with van der Waals surface area (Å²) in [5.41, 5.74) is 0.633. The number of nitrogens with zero attached hydrogens (tertiary/aromatic N) is 2. The van der Waals surface area contributed by atoms with Crippen molar-refractivity contribution in [1.29, 1.82) is 0 Å². The number of nitrogens with one attached hydrogen (secondary N) is 1. The van der Waals surface area contributed by atoms with Gasteiger partial charge in [-0.2, -0.15) is 0 Å². The summed E-state index contributed by atoms with van der Waals surface area (Å²) >= 11 is 0. The molecule has 1 saturated carbocycles. The fraction of sp³-hybridized carbons (Fsp3) is 0.692. The molecule has 1 aromatic rings. The van der Waals surface area contributed by atoms with Gasteiger partial charge in [0.05, 0.1) is 0 Å². The van der Waals surface area contributed by atoms with Crippen molar-refractivity contribution in [3.8, 4) is 5.75 Å². The number of aromatic nitrogens is 2. The van der Waals surface area contributed by atoms with Crippen LogP contribution >= 0.6 is 0 Å². The van der Waals surface area contributed by atoms with Crippen molar-refractivity contribution in [3.63, 3.8) is 0 Å². The van der Waals surface area contributed by atoms with Gasteiger partial charge in [-0.05, 0) is 19.8 Å². The van der Waals surface area contributed by atoms with E-state index in [-0.39, 0.29) is 5.56 Å². The van der Waals surface area contributed by atoms with Crippen LogP contribution in [0.5, 0.6) is 5.75 Å². The van der Waals surface area contributed by atoms with Gasteiger partial charge >= 0.3 is 0 Å². The number of aromatic amines is 1. The molecule has 5 nitrogen and oxygen atoms in total. The molecule has 18 heavy (non-hydrogen) atoms. The van der Waals surface area contributed by atoms with Crippen LogP contribution in [0.25, 0.3) is 0 Å². The molecule has 0 atom stereocenters. The van der Waals surface area contributed by atoms with Crippen molar-refractivity contribution in [2.45, 2.75) is 51.6 Å². The SMILES string of the molecule is Cc1nc2c(c(=O)[nH]1)OCN(C1CCCCC1)C2. The van der Waals surface area contributed by atoms with Crippen LogP contribution in [-0.2, 0) is 6.54 Å². The van der Waals surface area contributed by atoms with Crippen LogP contribution in [0.4, 0.5) is 0 Å². The first-order chi connectivity index (χ1) is 8.74. The summed E-state index contributed by atoms with van der Waals surface area (Å²) in [6.45, 7) is 3.07. The molecule has 0 aromatic carbocycles. The summed E-state index contributed by atoms with van der Waals surface area (Å²) in [4.78, 5) is 21.1. The highest BCUT2D eigenvalue weighted by Crippen LogP contribution is 2.27. The summed E-state index contributed by atoms with van der Waals surface area (Å²) in [5.74, 6) is 1.07. The minimum absolute atomic E-state index is 0.152. The van der Waals surface area contributed by atoms with Gasteiger partial charge in [-0.25, -0.2) is 4.98 Å². The van der Waals surface area contributed by atoms with Crippen LogP contribution in [0.2, 0.25) is 0 Å². The molecule has 1 aromatic heterocycles. The van der Waals surface area contributed by atoms with Gasteiger partial charge in [0.1, 0.15) is 18.2 Å². The second-order valence-electron chi connectivity index (χ2n) is 5.24. The lowest BCUT2D eigenvalue weighted by atomic mass is 9.94. The van der Waals surface area contributed by atoms with Crippen molar-refractivity contribution in [2.75, 3.05) is 6.73 Å². The Kier molecular flexibility index (Phi) is 3.07. The summed E-state index contributed by atoms with van der Waals surface area (Å²) < 4.78 is 5.59. The first kappa shape index (κ1) is 11.7. The maximum Gasteiger partial charge on any atom is 0.293 e. The van der Waals surface area contributed by atoms with Crippen molar-refractivity contribution in [2.24, 2.45) is 0 Å². The van der Waals surface area contributed by atoms with Gasteiger partial charge in [0.15, 0.2) is 0 Å². The van der Waals surface area contributed by atoms with E-state index in [0.29, 0.717) is 24.3 Å². The molecule has 2 aliphatic rings. The van der Waals surface area contributed by atoms with E-state index in [1.807, 2.05) is 0 Å². The van der Waals surface area contributed by atoms with E-state index in [4.69, 9.17) is 4.74 Å². The Labute approximate surface area is 106 Å². The molecule has 0 amide bonds. The van der Waals surface area contributed by atoms with E-state index >= 15 is 0 Å². The maximum absolute atomic E-state index is 11.7. The van der Waals surface area contributed by atoms with Crippen molar-refractivity contribution in [1.82, 2.24) is 14.9 Å². The van der Waals surface area contributed by atoms with E-state index in [2.05, 4.69) is 14.9 Å². The molecule has 0 spiro atoms. The molecular formula is C13H19N3O2. The highest BCUT2D eigenvalue weighted by Gasteiger charge is 2.28. The predicted octanol–water partition coefficient (Wildman–Crippen LogP) is 1.56. The summed E-state index contributed by atoms with van der Waals surface area (Å²) in [6, 6.07) is 0.591. The molecule has 98 valence electrons. The second kappa shape index (κ2) is 4.72. The lowest BCUT2D eigenvalue weighted by Crippen LogP contribution is -2.43. The van der Waals surface area contributed by atoms with E-state index in [1.54, 1.807) is 6.92 Å². The fourth-order valence-electron chi connectivity index (χ4n) is 2.96. The number of fused-ring (bicyclic) bond motifs is 1. The van der Waals surface area contributed by atoms with Crippen molar-refractivity contribution >= 4 is 0 Å². The quantitative estimate of drug-likeness (QED) is 0.820. The van der Waals surface area contributed by atoms with E-state index in [0.717, 1.165) is 12.2 Å². The van der Waals surface area contributed by atoms with Gasteiger partial charge < -0.3 is 9.72 Å². The third-order valence-corrected chi connectivity index (χ3v) is 3.88. The summed E-state index contributed by atoms with van der Waals surface area (Å²) in [7, 11) is 0. The van der Waals surface area contributed by atoms with Crippen molar-refractivity contribution in [3.05, 3.63) is 21.9 Å². The van der Waals surface area contributed by atoms with Gasteiger partial charge in [0, 0.05) is 12.6 Å². The molecule has 0 unspecified atom stereocenters. The van der Waals surface area contributed by atoms with Gasteiger partial charge in [-0.3, -0.25) is 9.69 Å². The molecule has 1 aliphatic carbocycles. The first-order valence-corrected chi connectivity index (χ1v) is 6.70. The van der Waals surface area contributed by atoms with Crippen LogP contribution in [-0.4, -0.2) is 27.6 Å². The van der Waals surface area contributed by atoms with E-state index in [9.17, 15) is 4.79 Å². The molecule has 1 fully saturated rings. The van der Waals surface area contributed by atoms with Crippen LogP contribution in [0.3, 0.4) is 0 Å². The Balaban J connectivity index is 1.82. The fourth-order valence-corrected chi connectivity index (χ4v) is 2.96. The van der Waals surface area contributed by atoms with Crippen LogP contribution in [0, 0.1) is 6.92 Å². The Morgan fingerprint density at radius 1 is 1.33 bits per heavy atom. The molecule has 5 heteroatoms. The average molecular weight is 249 g/mol. The first-order valence-electron chi connectivity index (χ1n) is 6.70. The van der Waals surface area contributed by atoms with Gasteiger partial charge in [-0.1, -0.05) is 19.3 Å². The average Bonchev–Trinajstić information content (AvgIpc) is 2.39. The molecule has 3 rings (SSSR count). The number of aryl methyl sites for hydroxylation is 1. The van der Waals surface area contributed by atoms with Gasteiger partial charge in [0.2, 0.25) is 5.75 Å². The van der Waals surface area contributed by atoms with Crippen LogP contribution in [0.1, 0.15) is 43.6 Å². The highest BCUT2D eigenvalue weighted by atomic mass is 16.5. The lowest BCUT2D eigenvalue weighted by Gasteiger charge is -2.36. The summed E-state index contributed by atoms with van der Waals surface area (Å²) in [6.07, 6.45) is 6.42. The predicted molar refractivity (Wildman–Crippen MR) is 67.5 cm³/mol. The largest absolute Gasteiger partial charge is 0.470 e. The maximum atomic E-state index is 11.7. The van der Waals surface area contributed by atoms with Crippen molar-refractivity contribution < 1.29 is 4.74 Å². The number of H-pyrrole nitrogens is 1. The minimum atomic E-state index is -0.152. The molecule has 1 N–H and O–H groups in total. The second-order valence-corrected chi connectivity index (χ2v) is 5.24. The topological polar surface area (TPSA) is 58.2 Å². The normalized spacial score (nSPS) is 21.4. The highest BCUT2D eigenvalue weighted by molar-refractivity contribution is 5.26. The molecule has 0 saturated heterocycles. The minimum Gasteiger partial charge on any atom is -0.470 e. The zero-order valence-corrected chi connectivity index (χ0v) is 10.7. The molecular weight excluding hydrogens is 230 g/mol.